The zero-order chi connectivity index (χ0) is 23.3. The van der Waals surface area contributed by atoms with Crippen LogP contribution in [0.1, 0.15) is 38.7 Å². The molecule has 2 fully saturated rings. The van der Waals surface area contributed by atoms with Gasteiger partial charge in [0.15, 0.2) is 0 Å². The Kier molecular flexibility index (Phi) is 7.73. The Bertz CT molecular complexity index is 835. The van der Waals surface area contributed by atoms with Crippen LogP contribution in [0, 0.1) is 5.92 Å². The number of amides is 4. The molecule has 0 aliphatic carbocycles. The SMILES string of the molecule is CC(C)CCN1C(=O)N(CC(N)=O)C(=O)C12CCN(Cc1cccc(OCCO)c1)CC2. The van der Waals surface area contributed by atoms with Gasteiger partial charge in [0.05, 0.1) is 6.61 Å². The van der Waals surface area contributed by atoms with E-state index in [1.165, 1.54) is 0 Å². The Morgan fingerprint density at radius 2 is 1.97 bits per heavy atom. The van der Waals surface area contributed by atoms with Gasteiger partial charge in [0.1, 0.15) is 24.4 Å². The van der Waals surface area contributed by atoms with E-state index >= 15 is 0 Å². The van der Waals surface area contributed by atoms with Gasteiger partial charge in [0, 0.05) is 26.2 Å². The van der Waals surface area contributed by atoms with Crippen LogP contribution in [-0.4, -0.2) is 82.6 Å². The van der Waals surface area contributed by atoms with E-state index in [0.717, 1.165) is 16.9 Å². The highest BCUT2D eigenvalue weighted by Gasteiger charge is 2.57. The first kappa shape index (κ1) is 24.0. The molecule has 9 heteroatoms. The predicted octanol–water partition coefficient (Wildman–Crippen LogP) is 1.19. The molecule has 1 aromatic rings. The van der Waals surface area contributed by atoms with Gasteiger partial charge in [-0.3, -0.25) is 19.4 Å². The summed E-state index contributed by atoms with van der Waals surface area (Å²) in [4.78, 5) is 42.7. The van der Waals surface area contributed by atoms with Gasteiger partial charge in [-0.2, -0.15) is 0 Å². The molecule has 2 aliphatic heterocycles. The molecule has 2 aliphatic rings. The summed E-state index contributed by atoms with van der Waals surface area (Å²) in [5.74, 6) is 0.113. The zero-order valence-electron chi connectivity index (χ0n) is 19.0. The van der Waals surface area contributed by atoms with E-state index in [1.807, 2.05) is 24.3 Å². The first-order valence-electron chi connectivity index (χ1n) is 11.2. The highest BCUT2D eigenvalue weighted by molar-refractivity contribution is 6.09. The maximum atomic E-state index is 13.3. The number of aliphatic hydroxyl groups is 1. The fraction of sp³-hybridized carbons (Fsp3) is 0.609. The number of benzene rings is 1. The number of urea groups is 1. The molecule has 3 N–H and O–H groups in total. The lowest BCUT2D eigenvalue weighted by Crippen LogP contribution is -2.56. The number of hydrogen-bond acceptors (Lipinski definition) is 6. The Hall–Kier alpha value is -2.65. The van der Waals surface area contributed by atoms with Crippen LogP contribution in [0.3, 0.4) is 0 Å². The van der Waals surface area contributed by atoms with Crippen LogP contribution in [0.5, 0.6) is 5.75 Å². The molecule has 0 aromatic heterocycles. The maximum Gasteiger partial charge on any atom is 0.328 e. The number of likely N-dealkylation sites (tertiary alicyclic amines) is 1. The standard InChI is InChI=1S/C23H34N4O5/c1-17(2)6-9-27-22(31)26(16-20(24)29)21(30)23(27)7-10-25(11-8-23)15-18-4-3-5-19(14-18)32-13-12-28/h3-5,14,17,28H,6-13,15-16H2,1-2H3,(H2,24,29). The quantitative estimate of drug-likeness (QED) is 0.522. The normalized spacial score (nSPS) is 18.8. The summed E-state index contributed by atoms with van der Waals surface area (Å²) >= 11 is 0. The van der Waals surface area contributed by atoms with Crippen LogP contribution in [0.2, 0.25) is 0 Å². The van der Waals surface area contributed by atoms with Crippen molar-refractivity contribution in [3.05, 3.63) is 29.8 Å². The average Bonchev–Trinajstić information content (AvgIpc) is 2.93. The third-order valence-corrected chi connectivity index (χ3v) is 6.21. The van der Waals surface area contributed by atoms with Crippen molar-refractivity contribution in [3.8, 4) is 5.75 Å². The second-order valence-corrected chi connectivity index (χ2v) is 9.00. The molecule has 0 unspecified atom stereocenters. The summed E-state index contributed by atoms with van der Waals surface area (Å²) in [6.07, 6.45) is 1.83. The minimum Gasteiger partial charge on any atom is -0.491 e. The summed E-state index contributed by atoms with van der Waals surface area (Å²) in [7, 11) is 0. The molecule has 4 amide bonds. The van der Waals surface area contributed by atoms with Crippen molar-refractivity contribution in [1.29, 1.82) is 0 Å². The molecule has 2 saturated heterocycles. The van der Waals surface area contributed by atoms with Crippen molar-refractivity contribution in [2.75, 3.05) is 39.4 Å². The third-order valence-electron chi connectivity index (χ3n) is 6.21. The largest absolute Gasteiger partial charge is 0.491 e. The Morgan fingerprint density at radius 1 is 1.25 bits per heavy atom. The van der Waals surface area contributed by atoms with Crippen molar-refractivity contribution >= 4 is 17.8 Å². The van der Waals surface area contributed by atoms with Gasteiger partial charge < -0.3 is 20.5 Å². The summed E-state index contributed by atoms with van der Waals surface area (Å²) in [6, 6.07) is 7.34. The molecule has 0 radical (unpaired) electrons. The topological polar surface area (TPSA) is 116 Å². The number of piperidine rings is 1. The predicted molar refractivity (Wildman–Crippen MR) is 119 cm³/mol. The minimum atomic E-state index is -0.899. The van der Waals surface area contributed by atoms with E-state index < -0.39 is 17.5 Å². The Morgan fingerprint density at radius 3 is 2.59 bits per heavy atom. The van der Waals surface area contributed by atoms with Gasteiger partial charge >= 0.3 is 6.03 Å². The fourth-order valence-electron chi connectivity index (χ4n) is 4.49. The number of ether oxygens (including phenoxy) is 1. The van der Waals surface area contributed by atoms with E-state index in [9.17, 15) is 14.4 Å². The summed E-state index contributed by atoms with van der Waals surface area (Å²) in [5, 5.41) is 8.94. The number of nitrogens with zero attached hydrogens (tertiary/aromatic N) is 3. The van der Waals surface area contributed by atoms with Gasteiger partial charge in [0.25, 0.3) is 5.91 Å². The van der Waals surface area contributed by atoms with Crippen LogP contribution >= 0.6 is 0 Å². The number of nitrogens with two attached hydrogens (primary N) is 1. The fourth-order valence-corrected chi connectivity index (χ4v) is 4.49. The molecule has 0 atom stereocenters. The zero-order valence-corrected chi connectivity index (χ0v) is 19.0. The second kappa shape index (κ2) is 10.3. The van der Waals surface area contributed by atoms with Crippen molar-refractivity contribution in [1.82, 2.24) is 14.7 Å². The molecule has 0 bridgehead atoms. The summed E-state index contributed by atoms with van der Waals surface area (Å²) in [6.45, 7) is 6.50. The van der Waals surface area contributed by atoms with E-state index in [0.29, 0.717) is 50.7 Å². The van der Waals surface area contributed by atoms with Crippen LogP contribution < -0.4 is 10.5 Å². The minimum absolute atomic E-state index is 0.0364. The highest BCUT2D eigenvalue weighted by Crippen LogP contribution is 2.38. The van der Waals surface area contributed by atoms with Crippen molar-refractivity contribution in [2.45, 2.75) is 45.2 Å². The number of hydrogen-bond donors (Lipinski definition) is 2. The number of primary amides is 1. The number of rotatable bonds is 10. The molecule has 1 spiro atoms. The van der Waals surface area contributed by atoms with Crippen LogP contribution in [0.15, 0.2) is 24.3 Å². The van der Waals surface area contributed by atoms with Crippen molar-refractivity contribution < 1.29 is 24.2 Å². The molecule has 9 nitrogen and oxygen atoms in total. The maximum absolute atomic E-state index is 13.3. The smallest absolute Gasteiger partial charge is 0.328 e. The van der Waals surface area contributed by atoms with E-state index in [4.69, 9.17) is 15.6 Å². The molecule has 1 aromatic carbocycles. The Balaban J connectivity index is 1.70. The van der Waals surface area contributed by atoms with Gasteiger partial charge in [-0.05, 0) is 42.9 Å². The van der Waals surface area contributed by atoms with Gasteiger partial charge in [-0.15, -0.1) is 0 Å². The Labute approximate surface area is 189 Å². The number of imide groups is 1. The molecule has 176 valence electrons. The van der Waals surface area contributed by atoms with Gasteiger partial charge in [-0.25, -0.2) is 4.79 Å². The summed E-state index contributed by atoms with van der Waals surface area (Å²) < 4.78 is 5.49. The van der Waals surface area contributed by atoms with Crippen molar-refractivity contribution in [3.63, 3.8) is 0 Å². The van der Waals surface area contributed by atoms with Crippen LogP contribution in [0.25, 0.3) is 0 Å². The lowest BCUT2D eigenvalue weighted by Gasteiger charge is -2.42. The molecular formula is C23H34N4O5. The molecule has 3 rings (SSSR count). The second-order valence-electron chi connectivity index (χ2n) is 9.00. The monoisotopic (exact) mass is 446 g/mol. The lowest BCUT2D eigenvalue weighted by molar-refractivity contribution is -0.137. The number of aliphatic hydroxyl groups excluding tert-OH is 1. The van der Waals surface area contributed by atoms with E-state index in [1.54, 1.807) is 4.90 Å². The molecule has 0 saturated carbocycles. The average molecular weight is 447 g/mol. The lowest BCUT2D eigenvalue weighted by atomic mass is 9.85. The molecule has 32 heavy (non-hydrogen) atoms. The van der Waals surface area contributed by atoms with Crippen LogP contribution in [-0.2, 0) is 16.1 Å². The van der Waals surface area contributed by atoms with E-state index in [-0.39, 0.29) is 25.7 Å². The molecule has 2 heterocycles. The first-order valence-corrected chi connectivity index (χ1v) is 11.2. The number of carbonyl (C=O) groups is 3. The highest BCUT2D eigenvalue weighted by atomic mass is 16.5. The molecular weight excluding hydrogens is 412 g/mol. The first-order chi connectivity index (χ1) is 15.3. The third kappa shape index (κ3) is 5.21. The van der Waals surface area contributed by atoms with Gasteiger partial charge in [-0.1, -0.05) is 26.0 Å². The van der Waals surface area contributed by atoms with Crippen molar-refractivity contribution in [2.24, 2.45) is 11.7 Å². The van der Waals surface area contributed by atoms with Gasteiger partial charge in [0.2, 0.25) is 5.91 Å². The summed E-state index contributed by atoms with van der Waals surface area (Å²) in [5.41, 5.74) is 5.48. The van der Waals surface area contributed by atoms with Crippen LogP contribution in [0.4, 0.5) is 4.79 Å². The number of carbonyl (C=O) groups excluding carboxylic acids is 3. The van der Waals surface area contributed by atoms with E-state index in [2.05, 4.69) is 18.7 Å².